The van der Waals surface area contributed by atoms with Crippen molar-refractivity contribution in [3.8, 4) is 0 Å². The Hall–Kier alpha value is -2.86. The smallest absolute Gasteiger partial charge is 0.350 e. The largest absolute Gasteiger partial charge is 0.465 e. The zero-order chi connectivity index (χ0) is 18.4. The Morgan fingerprint density at radius 1 is 1.12 bits per heavy atom. The minimum atomic E-state index is -0.126. The third-order valence-corrected chi connectivity index (χ3v) is 4.69. The van der Waals surface area contributed by atoms with Crippen LogP contribution in [0.15, 0.2) is 39.5 Å². The quantitative estimate of drug-likeness (QED) is 0.614. The van der Waals surface area contributed by atoms with Gasteiger partial charge >= 0.3 is 5.69 Å². The van der Waals surface area contributed by atoms with E-state index in [1.807, 2.05) is 32.0 Å². The SMILES string of the molecule is Cc1cc(C)c2cc(CNCc3ccc(C)o3)c3nn(C)c(=O)n3c2c1. The van der Waals surface area contributed by atoms with Gasteiger partial charge < -0.3 is 9.73 Å². The van der Waals surface area contributed by atoms with Gasteiger partial charge in [0.05, 0.1) is 12.1 Å². The number of hydrogen-bond acceptors (Lipinski definition) is 4. The third kappa shape index (κ3) is 2.72. The topological polar surface area (TPSA) is 64.5 Å². The lowest BCUT2D eigenvalue weighted by molar-refractivity contribution is 0.462. The van der Waals surface area contributed by atoms with E-state index in [0.29, 0.717) is 18.7 Å². The van der Waals surface area contributed by atoms with Gasteiger partial charge in [0.25, 0.3) is 0 Å². The van der Waals surface area contributed by atoms with Gasteiger partial charge in [0.1, 0.15) is 11.5 Å². The molecule has 0 saturated heterocycles. The summed E-state index contributed by atoms with van der Waals surface area (Å²) in [6.07, 6.45) is 0. The minimum absolute atomic E-state index is 0.126. The Kier molecular flexibility index (Phi) is 3.92. The molecular weight excluding hydrogens is 328 g/mol. The van der Waals surface area contributed by atoms with Gasteiger partial charge in [-0.3, -0.25) is 0 Å². The van der Waals surface area contributed by atoms with Gasteiger partial charge in [0.15, 0.2) is 5.65 Å². The molecule has 1 aromatic carbocycles. The first kappa shape index (κ1) is 16.6. The lowest BCUT2D eigenvalue weighted by Crippen LogP contribution is -2.19. The molecule has 0 fully saturated rings. The van der Waals surface area contributed by atoms with E-state index < -0.39 is 0 Å². The fraction of sp³-hybridized carbons (Fsp3) is 0.300. The predicted molar refractivity (Wildman–Crippen MR) is 101 cm³/mol. The monoisotopic (exact) mass is 350 g/mol. The van der Waals surface area contributed by atoms with Crippen molar-refractivity contribution in [2.75, 3.05) is 0 Å². The van der Waals surface area contributed by atoms with Crippen LogP contribution in [-0.4, -0.2) is 14.2 Å². The average molecular weight is 350 g/mol. The van der Waals surface area contributed by atoms with E-state index in [-0.39, 0.29) is 5.69 Å². The zero-order valence-electron chi connectivity index (χ0n) is 15.5. The summed E-state index contributed by atoms with van der Waals surface area (Å²) in [5, 5.41) is 8.92. The standard InChI is InChI=1S/C20H22N4O2/c1-12-7-13(2)17-9-15(10-21-11-16-6-5-14(3)26-16)19-22-23(4)20(25)24(19)18(17)8-12/h5-9,21H,10-11H2,1-4H3. The van der Waals surface area contributed by atoms with Crippen LogP contribution in [0.25, 0.3) is 16.6 Å². The van der Waals surface area contributed by atoms with Crippen LogP contribution in [0.4, 0.5) is 0 Å². The van der Waals surface area contributed by atoms with Gasteiger partial charge in [0.2, 0.25) is 0 Å². The van der Waals surface area contributed by atoms with Crippen LogP contribution in [0.1, 0.15) is 28.2 Å². The number of rotatable bonds is 4. The molecule has 0 atom stereocenters. The summed E-state index contributed by atoms with van der Waals surface area (Å²) >= 11 is 0. The number of nitrogens with one attached hydrogen (secondary N) is 1. The highest BCUT2D eigenvalue weighted by Gasteiger charge is 2.14. The van der Waals surface area contributed by atoms with Gasteiger partial charge in [-0.15, -0.1) is 5.10 Å². The zero-order valence-corrected chi connectivity index (χ0v) is 15.5. The van der Waals surface area contributed by atoms with Crippen molar-refractivity contribution in [2.24, 2.45) is 7.05 Å². The molecule has 0 amide bonds. The van der Waals surface area contributed by atoms with Crippen molar-refractivity contribution in [1.82, 2.24) is 19.5 Å². The lowest BCUT2D eigenvalue weighted by atomic mass is 10.0. The molecule has 0 aliphatic carbocycles. The number of nitrogens with zero attached hydrogens (tertiary/aromatic N) is 3. The maximum Gasteiger partial charge on any atom is 0.350 e. The first-order valence-electron chi connectivity index (χ1n) is 8.68. The molecule has 134 valence electrons. The normalized spacial score (nSPS) is 11.7. The molecule has 0 unspecified atom stereocenters. The van der Waals surface area contributed by atoms with Crippen molar-refractivity contribution in [2.45, 2.75) is 33.9 Å². The molecule has 26 heavy (non-hydrogen) atoms. The van der Waals surface area contributed by atoms with Crippen molar-refractivity contribution >= 4 is 16.6 Å². The number of pyridine rings is 1. The number of furan rings is 1. The fourth-order valence-electron chi connectivity index (χ4n) is 3.49. The second-order valence-electron chi connectivity index (χ2n) is 6.87. The Labute approximate surface area is 151 Å². The number of aryl methyl sites for hydroxylation is 4. The van der Waals surface area contributed by atoms with Crippen LogP contribution in [0, 0.1) is 20.8 Å². The summed E-state index contributed by atoms with van der Waals surface area (Å²) in [4.78, 5) is 12.6. The van der Waals surface area contributed by atoms with E-state index in [4.69, 9.17) is 4.42 Å². The highest BCUT2D eigenvalue weighted by atomic mass is 16.3. The number of aromatic nitrogens is 3. The van der Waals surface area contributed by atoms with E-state index in [1.54, 1.807) is 11.4 Å². The molecule has 4 rings (SSSR count). The summed E-state index contributed by atoms with van der Waals surface area (Å²) in [5.41, 5.74) is 4.75. The van der Waals surface area contributed by atoms with Crippen LogP contribution < -0.4 is 11.0 Å². The van der Waals surface area contributed by atoms with Crippen LogP contribution in [0.3, 0.4) is 0 Å². The van der Waals surface area contributed by atoms with Crippen LogP contribution in [-0.2, 0) is 20.1 Å². The Morgan fingerprint density at radius 2 is 1.92 bits per heavy atom. The lowest BCUT2D eigenvalue weighted by Gasteiger charge is -2.10. The third-order valence-electron chi connectivity index (χ3n) is 4.69. The summed E-state index contributed by atoms with van der Waals surface area (Å²) in [5.74, 6) is 1.79. The van der Waals surface area contributed by atoms with Crippen molar-refractivity contribution in [1.29, 1.82) is 0 Å². The van der Waals surface area contributed by atoms with Gasteiger partial charge in [0, 0.05) is 24.5 Å². The van der Waals surface area contributed by atoms with Crippen molar-refractivity contribution in [3.05, 3.63) is 69.0 Å². The molecule has 4 aromatic rings. The first-order chi connectivity index (χ1) is 12.4. The second-order valence-corrected chi connectivity index (χ2v) is 6.87. The fourth-order valence-corrected chi connectivity index (χ4v) is 3.49. The molecule has 3 aromatic heterocycles. The molecule has 0 radical (unpaired) electrons. The Morgan fingerprint density at radius 3 is 2.65 bits per heavy atom. The highest BCUT2D eigenvalue weighted by Crippen LogP contribution is 2.24. The average Bonchev–Trinajstić information content (AvgIpc) is 3.12. The molecule has 0 bridgehead atoms. The van der Waals surface area contributed by atoms with E-state index in [0.717, 1.165) is 39.1 Å². The van der Waals surface area contributed by atoms with E-state index in [2.05, 4.69) is 29.5 Å². The van der Waals surface area contributed by atoms with Gasteiger partial charge in [-0.25, -0.2) is 13.9 Å². The number of benzene rings is 1. The van der Waals surface area contributed by atoms with Crippen molar-refractivity contribution in [3.63, 3.8) is 0 Å². The molecule has 3 heterocycles. The molecule has 6 heteroatoms. The van der Waals surface area contributed by atoms with Crippen molar-refractivity contribution < 1.29 is 4.42 Å². The summed E-state index contributed by atoms with van der Waals surface area (Å²) in [7, 11) is 1.69. The van der Waals surface area contributed by atoms with Crippen LogP contribution in [0.5, 0.6) is 0 Å². The van der Waals surface area contributed by atoms with E-state index in [9.17, 15) is 4.79 Å². The summed E-state index contributed by atoms with van der Waals surface area (Å²) in [6, 6.07) is 10.2. The Balaban J connectivity index is 1.80. The first-order valence-corrected chi connectivity index (χ1v) is 8.68. The second kappa shape index (κ2) is 6.14. The molecule has 0 spiro atoms. The molecule has 1 N–H and O–H groups in total. The maximum atomic E-state index is 12.6. The van der Waals surface area contributed by atoms with Gasteiger partial charge in [-0.1, -0.05) is 6.07 Å². The molecular formula is C20H22N4O2. The predicted octanol–water partition coefficient (Wildman–Crippen LogP) is 2.99. The molecule has 0 saturated carbocycles. The molecule has 6 nitrogen and oxygen atoms in total. The summed E-state index contributed by atoms with van der Waals surface area (Å²) in [6.45, 7) is 7.28. The van der Waals surface area contributed by atoms with Crippen LogP contribution in [0.2, 0.25) is 0 Å². The maximum absolute atomic E-state index is 12.6. The molecule has 0 aliphatic rings. The highest BCUT2D eigenvalue weighted by molar-refractivity contribution is 5.87. The van der Waals surface area contributed by atoms with Crippen LogP contribution >= 0.6 is 0 Å². The van der Waals surface area contributed by atoms with E-state index in [1.165, 1.54) is 4.68 Å². The van der Waals surface area contributed by atoms with Gasteiger partial charge in [-0.05, 0) is 56.2 Å². The van der Waals surface area contributed by atoms with Gasteiger partial charge in [-0.2, -0.15) is 0 Å². The molecule has 0 aliphatic heterocycles. The summed E-state index contributed by atoms with van der Waals surface area (Å²) < 4.78 is 8.70. The Bertz CT molecular complexity index is 1180. The van der Waals surface area contributed by atoms with E-state index >= 15 is 0 Å². The number of hydrogen-bond donors (Lipinski definition) is 1. The number of fused-ring (bicyclic) bond motifs is 3. The minimum Gasteiger partial charge on any atom is -0.465 e.